The zero-order chi connectivity index (χ0) is 22.5. The first-order valence-corrected chi connectivity index (χ1v) is 10.9. The fourth-order valence-electron chi connectivity index (χ4n) is 2.79. The molecule has 164 valence electrons. The molecule has 3 aromatic rings. The van der Waals surface area contributed by atoms with Crippen LogP contribution in [0.15, 0.2) is 41.6 Å². The van der Waals surface area contributed by atoms with Gasteiger partial charge in [-0.25, -0.2) is 9.07 Å². The molecule has 3 rings (SSSR count). The molecule has 31 heavy (non-hydrogen) atoms. The maximum absolute atomic E-state index is 13.2. The topological polar surface area (TPSA) is 95.1 Å². The minimum absolute atomic E-state index is 0.0422. The van der Waals surface area contributed by atoms with Crippen LogP contribution in [0.4, 0.5) is 10.1 Å². The van der Waals surface area contributed by atoms with E-state index in [0.717, 1.165) is 28.6 Å². The fraction of sp³-hybridized carbons (Fsp3) is 0.286. The van der Waals surface area contributed by atoms with Crippen molar-refractivity contribution in [1.29, 1.82) is 0 Å². The van der Waals surface area contributed by atoms with Gasteiger partial charge in [-0.05, 0) is 48.2 Å². The van der Waals surface area contributed by atoms with Crippen LogP contribution in [0, 0.1) is 12.7 Å². The van der Waals surface area contributed by atoms with Gasteiger partial charge in [-0.3, -0.25) is 4.79 Å². The van der Waals surface area contributed by atoms with Gasteiger partial charge in [0.2, 0.25) is 11.1 Å². The van der Waals surface area contributed by atoms with Gasteiger partial charge < -0.3 is 15.9 Å². The van der Waals surface area contributed by atoms with Crippen molar-refractivity contribution in [2.24, 2.45) is 0 Å². The fourth-order valence-corrected chi connectivity index (χ4v) is 3.65. The number of rotatable bonds is 8. The Kier molecular flexibility index (Phi) is 7.40. The highest BCUT2D eigenvalue weighted by Gasteiger charge is 2.15. The van der Waals surface area contributed by atoms with Gasteiger partial charge in [0.15, 0.2) is 5.82 Å². The van der Waals surface area contributed by atoms with Crippen molar-refractivity contribution in [3.8, 4) is 5.75 Å². The lowest BCUT2D eigenvalue weighted by atomic mass is 10.0. The van der Waals surface area contributed by atoms with Crippen molar-refractivity contribution in [2.75, 3.05) is 16.9 Å². The first-order valence-electron chi connectivity index (χ1n) is 9.55. The molecule has 0 saturated carbocycles. The SMILES string of the molecule is Cc1ccc(C(C)C)c(OCc2nnc(SCC(=O)Nc3ccc(F)c(Cl)c3)n2N)c1. The average molecular weight is 464 g/mol. The molecule has 0 atom stereocenters. The second-order valence-corrected chi connectivity index (χ2v) is 8.57. The maximum atomic E-state index is 13.2. The van der Waals surface area contributed by atoms with Crippen LogP contribution in [0.3, 0.4) is 0 Å². The smallest absolute Gasteiger partial charge is 0.234 e. The molecule has 0 unspecified atom stereocenters. The molecule has 2 aromatic carbocycles. The van der Waals surface area contributed by atoms with Crippen LogP contribution in [0.25, 0.3) is 0 Å². The first-order chi connectivity index (χ1) is 14.7. The van der Waals surface area contributed by atoms with Crippen LogP contribution in [-0.2, 0) is 11.4 Å². The molecule has 1 aromatic heterocycles. The van der Waals surface area contributed by atoms with Crippen molar-refractivity contribution in [3.05, 3.63) is 64.2 Å². The van der Waals surface area contributed by atoms with Gasteiger partial charge >= 0.3 is 0 Å². The van der Waals surface area contributed by atoms with E-state index in [-0.39, 0.29) is 23.3 Å². The maximum Gasteiger partial charge on any atom is 0.234 e. The number of carbonyl (C=O) groups is 1. The zero-order valence-corrected chi connectivity index (χ0v) is 18.9. The molecular weight excluding hydrogens is 441 g/mol. The molecule has 3 N–H and O–H groups in total. The van der Waals surface area contributed by atoms with E-state index < -0.39 is 5.82 Å². The number of anilines is 1. The largest absolute Gasteiger partial charge is 0.485 e. The number of nitrogens with one attached hydrogen (secondary N) is 1. The molecule has 0 fully saturated rings. The van der Waals surface area contributed by atoms with Gasteiger partial charge in [0, 0.05) is 5.69 Å². The lowest BCUT2D eigenvalue weighted by Crippen LogP contribution is -2.18. The summed E-state index contributed by atoms with van der Waals surface area (Å²) in [6.07, 6.45) is 0. The Morgan fingerprint density at radius 1 is 1.29 bits per heavy atom. The highest BCUT2D eigenvalue weighted by molar-refractivity contribution is 7.99. The van der Waals surface area contributed by atoms with Gasteiger partial charge in [-0.2, -0.15) is 0 Å². The van der Waals surface area contributed by atoms with Gasteiger partial charge in [0.25, 0.3) is 0 Å². The lowest BCUT2D eigenvalue weighted by molar-refractivity contribution is -0.113. The summed E-state index contributed by atoms with van der Waals surface area (Å²) >= 11 is 6.85. The summed E-state index contributed by atoms with van der Waals surface area (Å²) in [6.45, 7) is 6.35. The molecule has 0 spiro atoms. The van der Waals surface area contributed by atoms with Crippen molar-refractivity contribution < 1.29 is 13.9 Å². The second kappa shape index (κ2) is 10.0. The van der Waals surface area contributed by atoms with Crippen molar-refractivity contribution in [2.45, 2.75) is 38.5 Å². The molecule has 0 radical (unpaired) electrons. The summed E-state index contributed by atoms with van der Waals surface area (Å²) in [5.74, 6) is 6.78. The molecule has 10 heteroatoms. The standard InChI is InChI=1S/C21H23ClFN5O2S/c1-12(2)15-6-4-13(3)8-18(15)30-10-19-26-27-21(28(19)24)31-11-20(29)25-14-5-7-17(23)16(22)9-14/h4-9,12H,10-11,24H2,1-3H3,(H,25,29). The number of amides is 1. The Hall–Kier alpha value is -2.78. The number of thioether (sulfide) groups is 1. The Morgan fingerprint density at radius 3 is 2.77 bits per heavy atom. The van der Waals surface area contributed by atoms with E-state index in [0.29, 0.717) is 22.6 Å². The number of nitrogen functional groups attached to an aromatic ring is 1. The van der Waals surface area contributed by atoms with Gasteiger partial charge in [-0.1, -0.05) is 49.3 Å². The van der Waals surface area contributed by atoms with E-state index in [1.54, 1.807) is 0 Å². The van der Waals surface area contributed by atoms with Crippen LogP contribution in [0.5, 0.6) is 5.75 Å². The Labute approximate surface area is 189 Å². The number of hydrogen-bond acceptors (Lipinski definition) is 6. The van der Waals surface area contributed by atoms with E-state index >= 15 is 0 Å². The normalized spacial score (nSPS) is 11.0. The van der Waals surface area contributed by atoms with Gasteiger partial charge in [0.1, 0.15) is 18.2 Å². The summed E-state index contributed by atoms with van der Waals surface area (Å²) in [4.78, 5) is 12.2. The summed E-state index contributed by atoms with van der Waals surface area (Å²) in [7, 11) is 0. The number of halogens is 2. The predicted octanol–water partition coefficient (Wildman–Crippen LogP) is 4.53. The van der Waals surface area contributed by atoms with Gasteiger partial charge in [-0.15, -0.1) is 10.2 Å². The number of benzene rings is 2. The molecular formula is C21H23ClFN5O2S. The molecule has 0 saturated heterocycles. The van der Waals surface area contributed by atoms with Crippen LogP contribution >= 0.6 is 23.4 Å². The lowest BCUT2D eigenvalue weighted by Gasteiger charge is -2.14. The molecule has 1 amide bonds. The Balaban J connectivity index is 1.58. The van der Waals surface area contributed by atoms with Gasteiger partial charge in [0.05, 0.1) is 10.8 Å². The number of nitrogens with two attached hydrogens (primary N) is 1. The number of aromatic nitrogens is 3. The third-order valence-electron chi connectivity index (χ3n) is 4.42. The average Bonchev–Trinajstić information content (AvgIpc) is 3.07. The van der Waals surface area contributed by atoms with E-state index in [1.807, 2.05) is 19.1 Å². The first kappa shape index (κ1) is 22.9. The highest BCUT2D eigenvalue weighted by Crippen LogP contribution is 2.28. The van der Waals surface area contributed by atoms with E-state index in [2.05, 4.69) is 35.4 Å². The minimum atomic E-state index is -0.550. The van der Waals surface area contributed by atoms with Crippen LogP contribution in [-0.4, -0.2) is 26.5 Å². The van der Waals surface area contributed by atoms with E-state index in [9.17, 15) is 9.18 Å². The third kappa shape index (κ3) is 5.89. The quantitative estimate of drug-likeness (QED) is 0.376. The summed E-state index contributed by atoms with van der Waals surface area (Å²) in [5.41, 5.74) is 2.60. The van der Waals surface area contributed by atoms with E-state index in [4.69, 9.17) is 22.2 Å². The zero-order valence-electron chi connectivity index (χ0n) is 17.4. The molecule has 1 heterocycles. The predicted molar refractivity (Wildman–Crippen MR) is 121 cm³/mol. The van der Waals surface area contributed by atoms with Crippen LogP contribution in [0.1, 0.15) is 36.7 Å². The molecule has 0 aliphatic carbocycles. The Bertz CT molecular complexity index is 1090. The summed E-state index contributed by atoms with van der Waals surface area (Å²) in [6, 6.07) is 10.0. The van der Waals surface area contributed by atoms with E-state index in [1.165, 1.54) is 22.9 Å². The summed E-state index contributed by atoms with van der Waals surface area (Å²) < 4.78 is 20.5. The Morgan fingerprint density at radius 2 is 2.06 bits per heavy atom. The molecule has 7 nitrogen and oxygen atoms in total. The molecule has 0 aliphatic rings. The third-order valence-corrected chi connectivity index (χ3v) is 5.65. The van der Waals surface area contributed by atoms with Crippen LogP contribution < -0.4 is 15.9 Å². The number of aryl methyl sites for hydroxylation is 1. The molecule has 0 bridgehead atoms. The number of hydrogen-bond donors (Lipinski definition) is 2. The number of ether oxygens (including phenoxy) is 1. The minimum Gasteiger partial charge on any atom is -0.485 e. The summed E-state index contributed by atoms with van der Waals surface area (Å²) in [5, 5.41) is 11.0. The molecule has 0 aliphatic heterocycles. The van der Waals surface area contributed by atoms with Crippen LogP contribution in [0.2, 0.25) is 5.02 Å². The number of carbonyl (C=O) groups excluding carboxylic acids is 1. The van der Waals surface area contributed by atoms with Crippen molar-refractivity contribution in [3.63, 3.8) is 0 Å². The second-order valence-electron chi connectivity index (χ2n) is 7.22. The van der Waals surface area contributed by atoms with Crippen molar-refractivity contribution >= 4 is 35.0 Å². The number of nitrogens with zero attached hydrogens (tertiary/aromatic N) is 3. The highest BCUT2D eigenvalue weighted by atomic mass is 35.5. The van der Waals surface area contributed by atoms with Crippen molar-refractivity contribution in [1.82, 2.24) is 14.9 Å². The monoisotopic (exact) mass is 463 g/mol.